The van der Waals surface area contributed by atoms with E-state index in [1.165, 1.54) is 12.7 Å². The Balaban J connectivity index is 1.86. The van der Waals surface area contributed by atoms with Gasteiger partial charge in [0.1, 0.15) is 0 Å². The molecule has 1 N–H and O–H groups in total. The number of carbonyl (C=O) groups excluding carboxylic acids is 1. The average molecular weight is 335 g/mol. The van der Waals surface area contributed by atoms with Gasteiger partial charge in [0.25, 0.3) is 5.56 Å². The number of rotatable bonds is 2. The Kier molecular flexibility index (Phi) is 3.72. The number of carbonyl (C=O) groups is 1. The molecule has 6 nitrogen and oxygen atoms in total. The number of esters is 1. The van der Waals surface area contributed by atoms with Crippen LogP contribution in [0.1, 0.15) is 22.3 Å². The molecule has 0 spiro atoms. The van der Waals surface area contributed by atoms with Crippen LogP contribution in [-0.2, 0) is 11.2 Å². The van der Waals surface area contributed by atoms with Crippen LogP contribution in [0, 0.1) is 0 Å². The molecule has 0 saturated carbocycles. The molecular weight excluding hydrogens is 318 g/mol. The van der Waals surface area contributed by atoms with Gasteiger partial charge < -0.3 is 14.6 Å². The highest BCUT2D eigenvalue weighted by atomic mass is 16.5. The van der Waals surface area contributed by atoms with E-state index in [9.17, 15) is 9.59 Å². The van der Waals surface area contributed by atoms with Crippen molar-refractivity contribution in [3.05, 3.63) is 63.9 Å². The van der Waals surface area contributed by atoms with E-state index < -0.39 is 5.97 Å². The van der Waals surface area contributed by atoms with E-state index in [-0.39, 0.29) is 5.56 Å². The molecule has 3 aromatic rings. The highest BCUT2D eigenvalue weighted by molar-refractivity contribution is 5.93. The lowest BCUT2D eigenvalue weighted by Gasteiger charge is -2.29. The van der Waals surface area contributed by atoms with Gasteiger partial charge in [0, 0.05) is 12.2 Å². The molecule has 0 bridgehead atoms. The summed E-state index contributed by atoms with van der Waals surface area (Å²) in [5.74, 6) is -0.0820. The third-order valence-corrected chi connectivity index (χ3v) is 4.46. The number of methoxy groups -OCH3 is 1. The smallest absolute Gasteiger partial charge is 0.337 e. The van der Waals surface area contributed by atoms with E-state index in [2.05, 4.69) is 16.0 Å². The Bertz CT molecular complexity index is 1030. The molecule has 2 aromatic carbocycles. The van der Waals surface area contributed by atoms with E-state index >= 15 is 0 Å². The number of H-pyrrole nitrogens is 1. The van der Waals surface area contributed by atoms with Gasteiger partial charge in [-0.25, -0.2) is 9.78 Å². The Morgan fingerprint density at radius 2 is 2.08 bits per heavy atom. The molecule has 0 amide bonds. The fourth-order valence-corrected chi connectivity index (χ4v) is 3.25. The van der Waals surface area contributed by atoms with Crippen molar-refractivity contribution in [2.75, 3.05) is 18.6 Å². The van der Waals surface area contributed by atoms with Crippen molar-refractivity contribution in [3.8, 4) is 0 Å². The Hall–Kier alpha value is -3.15. The second-order valence-corrected chi connectivity index (χ2v) is 6.00. The van der Waals surface area contributed by atoms with E-state index in [1.54, 1.807) is 18.2 Å². The number of benzene rings is 2. The van der Waals surface area contributed by atoms with Crippen LogP contribution in [-0.4, -0.2) is 29.6 Å². The number of aromatic nitrogens is 2. The van der Waals surface area contributed by atoms with Gasteiger partial charge in [-0.1, -0.05) is 18.2 Å². The van der Waals surface area contributed by atoms with Crippen LogP contribution in [0.3, 0.4) is 0 Å². The topological polar surface area (TPSA) is 75.3 Å². The predicted octanol–water partition coefficient (Wildman–Crippen LogP) is 2.79. The second-order valence-electron chi connectivity index (χ2n) is 6.00. The number of aryl methyl sites for hydroxylation is 1. The van der Waals surface area contributed by atoms with Crippen molar-refractivity contribution in [1.29, 1.82) is 0 Å². The lowest BCUT2D eigenvalue weighted by atomic mass is 10.0. The number of anilines is 2. The number of nitrogens with one attached hydrogen (secondary N) is 1. The molecular formula is C19H17N3O3. The van der Waals surface area contributed by atoms with E-state index in [1.807, 2.05) is 23.1 Å². The fourth-order valence-electron chi connectivity index (χ4n) is 3.25. The predicted molar refractivity (Wildman–Crippen MR) is 95.5 cm³/mol. The molecule has 2 heterocycles. The number of hydrogen-bond acceptors (Lipinski definition) is 5. The zero-order valence-electron chi connectivity index (χ0n) is 13.8. The highest BCUT2D eigenvalue weighted by Gasteiger charge is 2.21. The average Bonchev–Trinajstić information content (AvgIpc) is 2.66. The summed E-state index contributed by atoms with van der Waals surface area (Å²) in [5, 5.41) is 0. The summed E-state index contributed by atoms with van der Waals surface area (Å²) in [6.45, 7) is 0.731. The van der Waals surface area contributed by atoms with Crippen molar-refractivity contribution in [1.82, 2.24) is 9.97 Å². The summed E-state index contributed by atoms with van der Waals surface area (Å²) in [6.07, 6.45) is 1.95. The quantitative estimate of drug-likeness (QED) is 0.729. The van der Waals surface area contributed by atoms with Gasteiger partial charge in [-0.05, 0) is 42.7 Å². The number of fused-ring (bicyclic) bond motifs is 2. The van der Waals surface area contributed by atoms with Crippen molar-refractivity contribution in [3.63, 3.8) is 0 Å². The molecule has 1 aromatic heterocycles. The molecule has 1 aliphatic rings. The maximum Gasteiger partial charge on any atom is 0.337 e. The zero-order chi connectivity index (χ0) is 17.4. The monoisotopic (exact) mass is 335 g/mol. The largest absolute Gasteiger partial charge is 0.465 e. The lowest BCUT2D eigenvalue weighted by molar-refractivity contribution is 0.0601. The fraction of sp³-hybridized carbons (Fsp3) is 0.211. The van der Waals surface area contributed by atoms with Crippen molar-refractivity contribution in [2.45, 2.75) is 12.8 Å². The molecule has 126 valence electrons. The van der Waals surface area contributed by atoms with Gasteiger partial charge in [0.05, 0.1) is 23.7 Å². The molecule has 0 saturated heterocycles. The van der Waals surface area contributed by atoms with Crippen LogP contribution in [0.25, 0.3) is 11.0 Å². The van der Waals surface area contributed by atoms with Crippen LogP contribution in [0.4, 0.5) is 11.5 Å². The Labute approximate surface area is 144 Å². The van der Waals surface area contributed by atoms with Crippen LogP contribution in [0.15, 0.2) is 47.3 Å². The normalized spacial score (nSPS) is 13.6. The maximum atomic E-state index is 12.6. The summed E-state index contributed by atoms with van der Waals surface area (Å²) >= 11 is 0. The standard InChI is InChI=1S/C19H17N3O3/c1-25-19(24)13-8-9-14-15(11-13)20-17(18(23)21-14)22-10-4-6-12-5-2-3-7-16(12)22/h2-3,5,7-9,11H,4,6,10H2,1H3,(H,21,23). The first-order valence-corrected chi connectivity index (χ1v) is 8.15. The molecule has 6 heteroatoms. The summed E-state index contributed by atoms with van der Waals surface area (Å²) in [7, 11) is 1.34. The Morgan fingerprint density at radius 1 is 1.24 bits per heavy atom. The zero-order valence-corrected chi connectivity index (χ0v) is 13.8. The molecule has 0 aliphatic carbocycles. The third kappa shape index (κ3) is 2.65. The second kappa shape index (κ2) is 6.05. The van der Waals surface area contributed by atoms with Crippen LogP contribution in [0.2, 0.25) is 0 Å². The summed E-state index contributed by atoms with van der Waals surface area (Å²) < 4.78 is 4.75. The molecule has 4 rings (SSSR count). The Morgan fingerprint density at radius 3 is 2.92 bits per heavy atom. The minimum atomic E-state index is -0.431. The van der Waals surface area contributed by atoms with Gasteiger partial charge in [-0.2, -0.15) is 0 Å². The van der Waals surface area contributed by atoms with Gasteiger partial charge in [0.15, 0.2) is 5.82 Å². The number of ether oxygens (including phenoxy) is 1. The SMILES string of the molecule is COC(=O)c1ccc2[nH]c(=O)c(N3CCCc4ccccc43)nc2c1. The number of aromatic amines is 1. The van der Waals surface area contributed by atoms with Gasteiger partial charge in [0.2, 0.25) is 0 Å². The number of nitrogens with zero attached hydrogens (tertiary/aromatic N) is 2. The minimum Gasteiger partial charge on any atom is -0.465 e. The van der Waals surface area contributed by atoms with Crippen LogP contribution < -0.4 is 10.5 Å². The first-order chi connectivity index (χ1) is 12.2. The first kappa shape index (κ1) is 15.4. The number of para-hydroxylation sites is 1. The van der Waals surface area contributed by atoms with E-state index in [0.29, 0.717) is 22.4 Å². The highest BCUT2D eigenvalue weighted by Crippen LogP contribution is 2.31. The van der Waals surface area contributed by atoms with E-state index in [4.69, 9.17) is 4.74 Å². The summed E-state index contributed by atoms with van der Waals surface area (Å²) in [5.41, 5.74) is 3.52. The first-order valence-electron chi connectivity index (χ1n) is 8.15. The van der Waals surface area contributed by atoms with Gasteiger partial charge >= 0.3 is 5.97 Å². The summed E-state index contributed by atoms with van der Waals surface area (Å²) in [6, 6.07) is 13.0. The lowest BCUT2D eigenvalue weighted by Crippen LogP contribution is -2.30. The molecule has 25 heavy (non-hydrogen) atoms. The van der Waals surface area contributed by atoms with E-state index in [0.717, 1.165) is 25.1 Å². The van der Waals surface area contributed by atoms with Crippen molar-refractivity contribution >= 4 is 28.5 Å². The van der Waals surface area contributed by atoms with Crippen LogP contribution in [0.5, 0.6) is 0 Å². The van der Waals surface area contributed by atoms with Crippen LogP contribution >= 0.6 is 0 Å². The van der Waals surface area contributed by atoms with Gasteiger partial charge in [-0.15, -0.1) is 0 Å². The molecule has 1 aliphatic heterocycles. The van der Waals surface area contributed by atoms with Gasteiger partial charge in [-0.3, -0.25) is 4.79 Å². The third-order valence-electron chi connectivity index (χ3n) is 4.46. The number of hydrogen-bond donors (Lipinski definition) is 1. The van der Waals surface area contributed by atoms with Crippen molar-refractivity contribution in [2.24, 2.45) is 0 Å². The molecule has 0 fully saturated rings. The summed E-state index contributed by atoms with van der Waals surface area (Å²) in [4.78, 5) is 33.7. The maximum absolute atomic E-state index is 12.6. The van der Waals surface area contributed by atoms with Crippen molar-refractivity contribution < 1.29 is 9.53 Å². The molecule has 0 atom stereocenters. The minimum absolute atomic E-state index is 0.241. The molecule has 0 unspecified atom stereocenters. The molecule has 0 radical (unpaired) electrons.